The fourth-order valence-corrected chi connectivity index (χ4v) is 5.20. The van der Waals surface area contributed by atoms with Gasteiger partial charge in [0.25, 0.3) is 0 Å². The third-order valence-corrected chi connectivity index (χ3v) is 6.60. The second-order valence-electron chi connectivity index (χ2n) is 7.20. The van der Waals surface area contributed by atoms with Gasteiger partial charge >= 0.3 is 0 Å². The molecule has 9 heteroatoms. The molecule has 8 nitrogen and oxygen atoms in total. The lowest BCUT2D eigenvalue weighted by molar-refractivity contribution is 0.198. The number of aliphatic hydroxyl groups excluding tert-OH is 1. The molecule has 2 aromatic rings. The Kier molecular flexibility index (Phi) is 5.79. The first-order valence-electron chi connectivity index (χ1n) is 9.02. The smallest absolute Gasteiger partial charge is 0.211 e. The average molecular weight is 382 g/mol. The summed E-state index contributed by atoms with van der Waals surface area (Å²) in [7, 11) is -1.29. The number of aliphatic hydroxyl groups is 1. The summed E-state index contributed by atoms with van der Waals surface area (Å²) in [5.74, 6) is 1.20. The van der Waals surface area contributed by atoms with Gasteiger partial charge in [0.1, 0.15) is 17.8 Å². The zero-order chi connectivity index (χ0) is 18.7. The van der Waals surface area contributed by atoms with Crippen molar-refractivity contribution in [2.75, 3.05) is 24.2 Å². The van der Waals surface area contributed by atoms with Gasteiger partial charge in [-0.2, -0.15) is 0 Å². The van der Waals surface area contributed by atoms with Gasteiger partial charge in [0.15, 0.2) is 0 Å². The van der Waals surface area contributed by atoms with Crippen molar-refractivity contribution in [2.45, 2.75) is 44.8 Å². The molecule has 3 rings (SSSR count). The van der Waals surface area contributed by atoms with Crippen LogP contribution in [-0.4, -0.2) is 60.0 Å². The third-order valence-electron chi connectivity index (χ3n) is 5.08. The zero-order valence-corrected chi connectivity index (χ0v) is 16.0. The second-order valence-corrected chi connectivity index (χ2v) is 9.05. The molecule has 2 aromatic heterocycles. The van der Waals surface area contributed by atoms with Crippen LogP contribution in [0.25, 0.3) is 11.0 Å². The molecule has 0 saturated heterocycles. The third kappa shape index (κ3) is 4.52. The van der Waals surface area contributed by atoms with E-state index < -0.39 is 16.1 Å². The molecule has 1 fully saturated rings. The largest absolute Gasteiger partial charge is 0.392 e. The van der Waals surface area contributed by atoms with Crippen molar-refractivity contribution < 1.29 is 13.5 Å². The van der Waals surface area contributed by atoms with Crippen molar-refractivity contribution in [3.05, 3.63) is 18.6 Å². The molecule has 26 heavy (non-hydrogen) atoms. The number of nitrogens with zero attached hydrogens (tertiary/aromatic N) is 3. The van der Waals surface area contributed by atoms with Crippen LogP contribution in [0.5, 0.6) is 0 Å². The van der Waals surface area contributed by atoms with Crippen molar-refractivity contribution in [1.82, 2.24) is 19.7 Å². The molecule has 0 amide bonds. The normalized spacial score (nSPS) is 22.4. The van der Waals surface area contributed by atoms with Gasteiger partial charge in [-0.05, 0) is 44.6 Å². The van der Waals surface area contributed by atoms with Crippen LogP contribution in [0.15, 0.2) is 18.6 Å². The van der Waals surface area contributed by atoms with Crippen LogP contribution in [0, 0.1) is 5.92 Å². The Hall–Kier alpha value is -1.71. The van der Waals surface area contributed by atoms with E-state index in [0.717, 1.165) is 42.5 Å². The summed E-state index contributed by atoms with van der Waals surface area (Å²) >= 11 is 0. The Bertz CT molecular complexity index is 828. The number of hydrogen-bond acceptors (Lipinski definition) is 6. The molecule has 1 saturated carbocycles. The summed E-state index contributed by atoms with van der Waals surface area (Å²) in [6, 6.07) is 2.32. The van der Waals surface area contributed by atoms with E-state index in [1.54, 1.807) is 13.3 Å². The van der Waals surface area contributed by atoms with E-state index in [0.29, 0.717) is 6.04 Å². The number of fused-ring (bicyclic) bond motifs is 1. The molecule has 0 aromatic carbocycles. The van der Waals surface area contributed by atoms with Crippen molar-refractivity contribution >= 4 is 26.9 Å². The zero-order valence-electron chi connectivity index (χ0n) is 15.2. The van der Waals surface area contributed by atoms with Crippen molar-refractivity contribution in [3.8, 4) is 0 Å². The fraction of sp³-hybridized carbons (Fsp3) is 0.647. The van der Waals surface area contributed by atoms with E-state index in [-0.39, 0.29) is 18.2 Å². The quantitative estimate of drug-likeness (QED) is 0.666. The highest BCUT2D eigenvalue weighted by atomic mass is 32.2. The van der Waals surface area contributed by atoms with Crippen LogP contribution < -0.4 is 9.62 Å². The maximum Gasteiger partial charge on any atom is 0.211 e. The van der Waals surface area contributed by atoms with E-state index in [9.17, 15) is 13.5 Å². The summed E-state index contributed by atoms with van der Waals surface area (Å²) in [6.45, 7) is 1.64. The number of aromatic nitrogens is 3. The predicted molar refractivity (Wildman–Crippen MR) is 102 cm³/mol. The van der Waals surface area contributed by atoms with Gasteiger partial charge in [-0.3, -0.25) is 0 Å². The van der Waals surface area contributed by atoms with E-state index in [1.807, 2.05) is 19.3 Å². The van der Waals surface area contributed by atoms with Crippen molar-refractivity contribution in [2.24, 2.45) is 5.92 Å². The van der Waals surface area contributed by atoms with Crippen molar-refractivity contribution in [3.63, 3.8) is 0 Å². The Balaban J connectivity index is 1.57. The lowest BCUT2D eigenvalue weighted by Crippen LogP contribution is -2.39. The summed E-state index contributed by atoms with van der Waals surface area (Å²) < 4.78 is 26.7. The molecule has 0 bridgehead atoms. The first-order chi connectivity index (χ1) is 12.4. The molecule has 0 radical (unpaired) electrons. The Morgan fingerprint density at radius 1 is 1.35 bits per heavy atom. The van der Waals surface area contributed by atoms with Gasteiger partial charge in [0, 0.05) is 25.8 Å². The molecule has 3 N–H and O–H groups in total. The maximum atomic E-state index is 12.1. The van der Waals surface area contributed by atoms with E-state index >= 15 is 0 Å². The highest BCUT2D eigenvalue weighted by molar-refractivity contribution is 7.89. The maximum absolute atomic E-state index is 12.1. The number of hydrogen-bond donors (Lipinski definition) is 3. The van der Waals surface area contributed by atoms with Crippen LogP contribution in [0.2, 0.25) is 0 Å². The van der Waals surface area contributed by atoms with Crippen molar-refractivity contribution in [1.29, 1.82) is 0 Å². The summed E-state index contributed by atoms with van der Waals surface area (Å²) in [5, 5.41) is 10.2. The molecule has 0 aliphatic heterocycles. The molecular weight excluding hydrogens is 354 g/mol. The van der Waals surface area contributed by atoms with Gasteiger partial charge in [-0.25, -0.2) is 23.1 Å². The molecular formula is C17H27N5O3S. The monoisotopic (exact) mass is 381 g/mol. The van der Waals surface area contributed by atoms with E-state index in [4.69, 9.17) is 0 Å². The van der Waals surface area contributed by atoms with Crippen LogP contribution in [-0.2, 0) is 10.0 Å². The van der Waals surface area contributed by atoms with Gasteiger partial charge in [-0.15, -0.1) is 0 Å². The number of aromatic amines is 1. The summed E-state index contributed by atoms with van der Waals surface area (Å²) in [4.78, 5) is 14.0. The molecule has 2 heterocycles. The van der Waals surface area contributed by atoms with Crippen LogP contribution in [0.1, 0.15) is 32.6 Å². The standard InChI is InChI=1S/C17H27N5O3S/c1-12(23)9-21-26(24,25)10-13-3-5-14(6-4-13)22(2)17-15-7-8-18-16(15)19-11-20-17/h7-8,11-14,21,23H,3-6,9-10H2,1-2H3,(H,18,19,20)/t12-,13?,14?/m0/s1. The van der Waals surface area contributed by atoms with Crippen LogP contribution >= 0.6 is 0 Å². The van der Waals surface area contributed by atoms with Crippen LogP contribution in [0.4, 0.5) is 5.82 Å². The number of anilines is 1. The number of H-pyrrole nitrogens is 1. The lowest BCUT2D eigenvalue weighted by Gasteiger charge is -2.35. The Morgan fingerprint density at radius 2 is 2.08 bits per heavy atom. The van der Waals surface area contributed by atoms with E-state index in [2.05, 4.69) is 24.6 Å². The average Bonchev–Trinajstić information content (AvgIpc) is 3.08. The summed E-state index contributed by atoms with van der Waals surface area (Å²) in [5.41, 5.74) is 0.825. The minimum atomic E-state index is -3.34. The Labute approximate surface area is 154 Å². The van der Waals surface area contributed by atoms with Gasteiger partial charge in [0.2, 0.25) is 10.0 Å². The Morgan fingerprint density at radius 3 is 2.77 bits per heavy atom. The highest BCUT2D eigenvalue weighted by Crippen LogP contribution is 2.31. The fourth-order valence-electron chi connectivity index (χ4n) is 3.63. The second kappa shape index (κ2) is 7.89. The number of sulfonamides is 1. The van der Waals surface area contributed by atoms with Gasteiger partial charge < -0.3 is 15.0 Å². The highest BCUT2D eigenvalue weighted by Gasteiger charge is 2.28. The molecule has 1 aliphatic rings. The summed E-state index contributed by atoms with van der Waals surface area (Å²) in [6.07, 6.45) is 6.35. The SMILES string of the molecule is C[C@H](O)CNS(=O)(=O)CC1CCC(N(C)c2ncnc3[nH]ccc23)CC1. The van der Waals surface area contributed by atoms with Gasteiger partial charge in [-0.1, -0.05) is 0 Å². The van der Waals surface area contributed by atoms with Gasteiger partial charge in [0.05, 0.1) is 17.2 Å². The molecule has 144 valence electrons. The first kappa shape index (κ1) is 19.1. The minimum Gasteiger partial charge on any atom is -0.392 e. The first-order valence-corrected chi connectivity index (χ1v) is 10.7. The molecule has 0 unspecified atom stereocenters. The molecule has 1 aliphatic carbocycles. The van der Waals surface area contributed by atoms with Crippen LogP contribution in [0.3, 0.4) is 0 Å². The predicted octanol–water partition coefficient (Wildman–Crippen LogP) is 1.25. The molecule has 1 atom stereocenters. The minimum absolute atomic E-state index is 0.0702. The lowest BCUT2D eigenvalue weighted by atomic mass is 9.86. The number of rotatable bonds is 7. The topological polar surface area (TPSA) is 111 Å². The van der Waals surface area contributed by atoms with E-state index in [1.165, 1.54) is 0 Å². The number of nitrogens with one attached hydrogen (secondary N) is 2. The molecule has 0 spiro atoms.